The molecule has 0 saturated heterocycles. The van der Waals surface area contributed by atoms with Gasteiger partial charge < -0.3 is 19.7 Å². The topological polar surface area (TPSA) is 161 Å². The molecule has 0 amide bonds. The summed E-state index contributed by atoms with van der Waals surface area (Å²) >= 11 is 0. The lowest BCUT2D eigenvalue weighted by Gasteiger charge is -2.46. The number of carboxylic acid groups (broad SMARTS) is 2. The van der Waals surface area contributed by atoms with E-state index in [4.69, 9.17) is 9.47 Å². The number of carbonyl (C=O) groups is 6. The van der Waals surface area contributed by atoms with Crippen molar-refractivity contribution in [2.75, 3.05) is 0 Å². The van der Waals surface area contributed by atoms with Gasteiger partial charge in [0.05, 0.1) is 22.7 Å². The van der Waals surface area contributed by atoms with Gasteiger partial charge in [0.1, 0.15) is 0 Å². The Labute approximate surface area is 232 Å². The van der Waals surface area contributed by atoms with E-state index in [2.05, 4.69) is 0 Å². The van der Waals surface area contributed by atoms with Crippen molar-refractivity contribution in [3.8, 4) is 0 Å². The van der Waals surface area contributed by atoms with Gasteiger partial charge in [-0.15, -0.1) is 0 Å². The van der Waals surface area contributed by atoms with Crippen LogP contribution in [0.25, 0.3) is 0 Å². The third kappa shape index (κ3) is 4.06. The third-order valence-corrected chi connectivity index (χ3v) is 9.70. The van der Waals surface area contributed by atoms with Gasteiger partial charge in [0.25, 0.3) is 0 Å². The van der Waals surface area contributed by atoms with Crippen molar-refractivity contribution in [1.82, 2.24) is 0 Å². The van der Waals surface area contributed by atoms with E-state index >= 15 is 0 Å². The molecule has 0 spiro atoms. The Balaban J connectivity index is 1.45. The van der Waals surface area contributed by atoms with Crippen LogP contribution in [-0.2, 0) is 38.2 Å². The molecule has 10 heteroatoms. The highest BCUT2D eigenvalue weighted by atomic mass is 16.6. The second-order valence-electron chi connectivity index (χ2n) is 13.4. The fraction of sp³-hybridized carbons (Fsp3) is 0.600. The highest BCUT2D eigenvalue weighted by Crippen LogP contribution is 2.65. The van der Waals surface area contributed by atoms with Crippen LogP contribution in [0.15, 0.2) is 36.5 Å². The highest BCUT2D eigenvalue weighted by molar-refractivity contribution is 6.01. The van der Waals surface area contributed by atoms with Crippen LogP contribution >= 0.6 is 0 Å². The zero-order valence-corrected chi connectivity index (χ0v) is 23.5. The van der Waals surface area contributed by atoms with Crippen molar-refractivity contribution >= 4 is 35.8 Å². The first-order valence-corrected chi connectivity index (χ1v) is 13.4. The van der Waals surface area contributed by atoms with Gasteiger partial charge in [0, 0.05) is 12.2 Å². The molecule has 4 rings (SSSR count). The Morgan fingerprint density at radius 3 is 1.25 bits per heavy atom. The van der Waals surface area contributed by atoms with Gasteiger partial charge in [0.15, 0.2) is 0 Å². The van der Waals surface area contributed by atoms with E-state index in [1.807, 2.05) is 0 Å². The van der Waals surface area contributed by atoms with Crippen molar-refractivity contribution < 1.29 is 48.5 Å². The summed E-state index contributed by atoms with van der Waals surface area (Å²) in [5.74, 6) is -10.5. The van der Waals surface area contributed by atoms with E-state index < -0.39 is 93.0 Å². The molecule has 8 unspecified atom stereocenters. The van der Waals surface area contributed by atoms with Crippen LogP contribution < -0.4 is 0 Å². The fourth-order valence-electron chi connectivity index (χ4n) is 8.28. The molecule has 10 nitrogen and oxygen atoms in total. The van der Waals surface area contributed by atoms with Gasteiger partial charge in [-0.2, -0.15) is 0 Å². The first kappa shape index (κ1) is 29.4. The molecular weight excluding hydrogens is 520 g/mol. The minimum absolute atomic E-state index is 0.397. The van der Waals surface area contributed by atoms with Gasteiger partial charge in [-0.3, -0.25) is 19.2 Å². The second-order valence-corrected chi connectivity index (χ2v) is 13.4. The van der Waals surface area contributed by atoms with Crippen LogP contribution in [0.1, 0.15) is 54.4 Å². The molecular formula is C30H36O10. The lowest BCUT2D eigenvalue weighted by molar-refractivity contribution is -0.179. The Bertz CT molecular complexity index is 1160. The molecule has 4 bridgehead atoms. The van der Waals surface area contributed by atoms with E-state index in [0.29, 0.717) is 25.0 Å². The van der Waals surface area contributed by atoms with Crippen LogP contribution in [0.3, 0.4) is 0 Å². The Hall–Kier alpha value is -3.56. The number of ether oxygens (including phenoxy) is 2. The molecule has 2 fully saturated rings. The van der Waals surface area contributed by atoms with Gasteiger partial charge in [-0.05, 0) is 47.3 Å². The number of carbonyl (C=O) groups excluding carboxylic acids is 4. The molecule has 0 aromatic heterocycles. The molecule has 0 aromatic carbocycles. The monoisotopic (exact) mass is 556 g/mol. The lowest BCUT2D eigenvalue weighted by Crippen LogP contribution is -2.54. The van der Waals surface area contributed by atoms with Crippen molar-refractivity contribution in [1.29, 1.82) is 0 Å². The first-order chi connectivity index (χ1) is 18.4. The van der Waals surface area contributed by atoms with E-state index in [9.17, 15) is 39.0 Å². The number of carboxylic acids is 2. The summed E-state index contributed by atoms with van der Waals surface area (Å²) in [5, 5.41) is 20.4. The highest BCUT2D eigenvalue weighted by Gasteiger charge is 2.70. The summed E-state index contributed by atoms with van der Waals surface area (Å²) in [4.78, 5) is 76.1. The Morgan fingerprint density at radius 2 is 0.975 bits per heavy atom. The maximum absolute atomic E-state index is 13.1. The Kier molecular flexibility index (Phi) is 7.00. The summed E-state index contributed by atoms with van der Waals surface area (Å²) < 4.78 is 9.90. The maximum Gasteiger partial charge on any atom is 0.338 e. The van der Waals surface area contributed by atoms with Crippen LogP contribution in [0.2, 0.25) is 0 Å². The molecule has 4 aliphatic rings. The molecule has 216 valence electrons. The van der Waals surface area contributed by atoms with E-state index in [1.165, 1.54) is 0 Å². The summed E-state index contributed by atoms with van der Waals surface area (Å²) in [6, 6.07) is 0. The van der Waals surface area contributed by atoms with Crippen LogP contribution in [0.4, 0.5) is 0 Å². The number of rotatable bonds is 6. The zero-order chi connectivity index (χ0) is 30.0. The van der Waals surface area contributed by atoms with Crippen molar-refractivity contribution in [2.24, 2.45) is 57.2 Å². The SMILES string of the molecule is CC(C)(C)C1(C(=O)O)C2C=CC(C2)C1C(=O)OC(=O)/C=C\C(=O)OC(=O)C1C2C=CC(C2)C1(C(=O)O)C(C)(C)C. The van der Waals surface area contributed by atoms with Crippen molar-refractivity contribution in [3.05, 3.63) is 36.5 Å². The minimum atomic E-state index is -1.47. The smallest absolute Gasteiger partial charge is 0.338 e. The van der Waals surface area contributed by atoms with Gasteiger partial charge in [-0.1, -0.05) is 65.8 Å². The van der Waals surface area contributed by atoms with Gasteiger partial charge >= 0.3 is 35.8 Å². The van der Waals surface area contributed by atoms with E-state index in [1.54, 1.807) is 65.8 Å². The van der Waals surface area contributed by atoms with Crippen molar-refractivity contribution in [3.63, 3.8) is 0 Å². The molecule has 0 heterocycles. The number of fused-ring (bicyclic) bond motifs is 4. The van der Waals surface area contributed by atoms with Gasteiger partial charge in [0.2, 0.25) is 0 Å². The summed E-state index contributed by atoms with van der Waals surface area (Å²) in [7, 11) is 0. The fourth-order valence-corrected chi connectivity index (χ4v) is 8.28. The zero-order valence-electron chi connectivity index (χ0n) is 23.5. The first-order valence-electron chi connectivity index (χ1n) is 13.4. The number of allylic oxidation sites excluding steroid dienone is 4. The standard InChI is InChI=1S/C30H36O10/c1-27(2,3)29(25(35)36)17-9-7-15(13-17)21(29)23(33)39-19(31)11-12-20(32)40-24(34)22-16-8-10-18(14-16)30(22,26(37)38)28(4,5)6/h7-12,15-18,21-22H,13-14H2,1-6H3,(H,35,36)(H,37,38)/b12-11-. The molecule has 4 aliphatic carbocycles. The average Bonchev–Trinajstić information content (AvgIpc) is 3.60. The summed E-state index contributed by atoms with van der Waals surface area (Å²) in [6.45, 7) is 10.4. The molecule has 2 N–H and O–H groups in total. The number of hydrogen-bond donors (Lipinski definition) is 2. The lowest BCUT2D eigenvalue weighted by atomic mass is 9.55. The predicted molar refractivity (Wildman–Crippen MR) is 139 cm³/mol. The summed E-state index contributed by atoms with van der Waals surface area (Å²) in [6.07, 6.45) is 9.30. The third-order valence-electron chi connectivity index (χ3n) is 9.70. The number of hydrogen-bond acceptors (Lipinski definition) is 8. The minimum Gasteiger partial charge on any atom is -0.481 e. The molecule has 40 heavy (non-hydrogen) atoms. The molecule has 0 radical (unpaired) electrons. The number of esters is 4. The largest absolute Gasteiger partial charge is 0.481 e. The van der Waals surface area contributed by atoms with Crippen LogP contribution in [0.5, 0.6) is 0 Å². The maximum atomic E-state index is 13.1. The van der Waals surface area contributed by atoms with Gasteiger partial charge in [-0.25, -0.2) is 9.59 Å². The Morgan fingerprint density at radius 1 is 0.650 bits per heavy atom. The molecule has 8 atom stereocenters. The van der Waals surface area contributed by atoms with Crippen LogP contribution in [-0.4, -0.2) is 46.0 Å². The summed E-state index contributed by atoms with van der Waals surface area (Å²) in [5.41, 5.74) is -4.61. The van der Waals surface area contributed by atoms with Crippen molar-refractivity contribution in [2.45, 2.75) is 54.4 Å². The quantitative estimate of drug-likeness (QED) is 0.214. The van der Waals surface area contributed by atoms with E-state index in [0.717, 1.165) is 0 Å². The normalized spacial score (nSPS) is 35.8. The molecule has 2 saturated carbocycles. The van der Waals surface area contributed by atoms with E-state index in [-0.39, 0.29) is 0 Å². The average molecular weight is 557 g/mol. The second kappa shape index (κ2) is 9.52. The van der Waals surface area contributed by atoms with Crippen LogP contribution in [0, 0.1) is 57.2 Å². The molecule has 0 aromatic rings. The predicted octanol–water partition coefficient (Wildman–Crippen LogP) is 3.56. The number of aliphatic carboxylic acids is 2. The molecule has 0 aliphatic heterocycles.